The lowest BCUT2D eigenvalue weighted by Gasteiger charge is -2.36. The maximum Gasteiger partial charge on any atom is 0.246 e. The van der Waals surface area contributed by atoms with Gasteiger partial charge in [-0.25, -0.2) is 9.44 Å². The number of amides is 2. The van der Waals surface area contributed by atoms with Crippen molar-refractivity contribution in [3.63, 3.8) is 0 Å². The predicted octanol–water partition coefficient (Wildman–Crippen LogP) is -0.521. The third-order valence-corrected chi connectivity index (χ3v) is 5.75. The van der Waals surface area contributed by atoms with Crippen LogP contribution in [0.5, 0.6) is 0 Å². The molecule has 1 saturated carbocycles. The number of carbonyl (C=O) groups is 2. The number of rotatable bonds is 4. The molecule has 3 unspecified atom stereocenters. The van der Waals surface area contributed by atoms with Gasteiger partial charge in [0.2, 0.25) is 11.8 Å². The molecular weight excluding hydrogens is 314 g/mol. The van der Waals surface area contributed by atoms with Gasteiger partial charge >= 0.3 is 0 Å². The van der Waals surface area contributed by atoms with Gasteiger partial charge in [0.25, 0.3) is 0 Å². The SMILES string of the molecule is C=CC(=O)N1CCN(C(=O)CNC2CCCC3NSNC23)CC1. The second kappa shape index (κ2) is 7.65. The van der Waals surface area contributed by atoms with Gasteiger partial charge in [-0.05, 0) is 18.9 Å². The largest absolute Gasteiger partial charge is 0.338 e. The fourth-order valence-electron chi connectivity index (χ4n) is 3.54. The fraction of sp³-hybridized carbons (Fsp3) is 0.733. The second-order valence-electron chi connectivity index (χ2n) is 6.30. The Labute approximate surface area is 141 Å². The van der Waals surface area contributed by atoms with Crippen molar-refractivity contribution in [1.82, 2.24) is 24.6 Å². The van der Waals surface area contributed by atoms with E-state index in [2.05, 4.69) is 21.3 Å². The summed E-state index contributed by atoms with van der Waals surface area (Å²) >= 11 is 1.57. The van der Waals surface area contributed by atoms with Gasteiger partial charge in [0.05, 0.1) is 6.54 Å². The molecule has 0 radical (unpaired) electrons. The Bertz CT molecular complexity index is 467. The first-order valence-electron chi connectivity index (χ1n) is 8.28. The molecule has 2 amide bonds. The highest BCUT2D eigenvalue weighted by atomic mass is 32.2. The Morgan fingerprint density at radius 3 is 2.65 bits per heavy atom. The van der Waals surface area contributed by atoms with Crippen LogP contribution in [0.4, 0.5) is 0 Å². The molecule has 3 aliphatic rings. The number of carbonyl (C=O) groups excluding carboxylic acids is 2. The first-order chi connectivity index (χ1) is 11.2. The van der Waals surface area contributed by atoms with E-state index in [4.69, 9.17) is 0 Å². The molecule has 2 heterocycles. The molecule has 128 valence electrons. The molecule has 3 N–H and O–H groups in total. The maximum atomic E-state index is 12.4. The van der Waals surface area contributed by atoms with Crippen molar-refractivity contribution in [2.75, 3.05) is 32.7 Å². The molecular formula is C15H25N5O2S. The van der Waals surface area contributed by atoms with E-state index in [1.807, 2.05) is 4.90 Å². The smallest absolute Gasteiger partial charge is 0.246 e. The minimum Gasteiger partial charge on any atom is -0.338 e. The van der Waals surface area contributed by atoms with E-state index in [0.717, 1.165) is 6.42 Å². The zero-order valence-electron chi connectivity index (χ0n) is 13.3. The van der Waals surface area contributed by atoms with Crippen LogP contribution >= 0.6 is 12.1 Å². The fourth-order valence-corrected chi connectivity index (χ4v) is 4.48. The van der Waals surface area contributed by atoms with E-state index in [1.165, 1.54) is 18.9 Å². The van der Waals surface area contributed by atoms with E-state index in [9.17, 15) is 9.59 Å². The Balaban J connectivity index is 1.43. The zero-order valence-corrected chi connectivity index (χ0v) is 14.1. The van der Waals surface area contributed by atoms with Crippen molar-refractivity contribution in [3.05, 3.63) is 12.7 Å². The minimum absolute atomic E-state index is 0.0548. The lowest BCUT2D eigenvalue weighted by molar-refractivity contribution is -0.136. The van der Waals surface area contributed by atoms with Gasteiger partial charge in [-0.2, -0.15) is 0 Å². The van der Waals surface area contributed by atoms with Crippen molar-refractivity contribution in [2.24, 2.45) is 0 Å². The molecule has 0 aromatic carbocycles. The van der Waals surface area contributed by atoms with E-state index < -0.39 is 0 Å². The van der Waals surface area contributed by atoms with Gasteiger partial charge in [0.1, 0.15) is 0 Å². The van der Waals surface area contributed by atoms with Gasteiger partial charge in [0, 0.05) is 56.4 Å². The van der Waals surface area contributed by atoms with Crippen molar-refractivity contribution in [2.45, 2.75) is 37.4 Å². The van der Waals surface area contributed by atoms with E-state index in [-0.39, 0.29) is 11.8 Å². The minimum atomic E-state index is -0.0548. The summed E-state index contributed by atoms with van der Waals surface area (Å²) in [5.41, 5.74) is 0. The second-order valence-corrected chi connectivity index (χ2v) is 6.97. The molecule has 3 atom stereocenters. The highest BCUT2D eigenvalue weighted by molar-refractivity contribution is 7.95. The molecule has 23 heavy (non-hydrogen) atoms. The third-order valence-electron chi connectivity index (χ3n) is 4.94. The summed E-state index contributed by atoms with van der Waals surface area (Å²) in [6.45, 7) is 6.26. The predicted molar refractivity (Wildman–Crippen MR) is 90.4 cm³/mol. The first-order valence-corrected chi connectivity index (χ1v) is 9.10. The maximum absolute atomic E-state index is 12.4. The van der Waals surface area contributed by atoms with Crippen LogP contribution in [-0.2, 0) is 9.59 Å². The molecule has 7 nitrogen and oxygen atoms in total. The summed E-state index contributed by atoms with van der Waals surface area (Å²) in [6, 6.07) is 1.22. The quantitative estimate of drug-likeness (QED) is 0.473. The van der Waals surface area contributed by atoms with E-state index >= 15 is 0 Å². The highest BCUT2D eigenvalue weighted by Crippen LogP contribution is 2.25. The van der Waals surface area contributed by atoms with Gasteiger partial charge in [-0.3, -0.25) is 9.59 Å². The van der Waals surface area contributed by atoms with Gasteiger partial charge in [0.15, 0.2) is 0 Å². The van der Waals surface area contributed by atoms with E-state index in [0.29, 0.717) is 50.8 Å². The van der Waals surface area contributed by atoms with Crippen molar-refractivity contribution in [3.8, 4) is 0 Å². The highest BCUT2D eigenvalue weighted by Gasteiger charge is 2.37. The van der Waals surface area contributed by atoms with Gasteiger partial charge in [-0.1, -0.05) is 13.0 Å². The molecule has 2 saturated heterocycles. The van der Waals surface area contributed by atoms with Crippen molar-refractivity contribution < 1.29 is 9.59 Å². The van der Waals surface area contributed by atoms with Gasteiger partial charge < -0.3 is 15.1 Å². The molecule has 0 aromatic rings. The summed E-state index contributed by atoms with van der Waals surface area (Å²) in [7, 11) is 0. The Hall–Kier alpha value is -1.09. The van der Waals surface area contributed by atoms with Crippen molar-refractivity contribution >= 4 is 23.9 Å². The van der Waals surface area contributed by atoms with Crippen molar-refractivity contribution in [1.29, 1.82) is 0 Å². The standard InChI is InChI=1S/C15H25N5O2S/c1-2-13(21)19-6-8-20(9-7-19)14(22)10-16-11-4-3-5-12-15(11)18-23-17-12/h2,11-12,15-18H,1,3-10H2. The normalized spacial score (nSPS) is 30.9. The Kier molecular flexibility index (Phi) is 5.58. The van der Waals surface area contributed by atoms with E-state index in [1.54, 1.807) is 17.0 Å². The molecule has 3 fully saturated rings. The summed E-state index contributed by atoms with van der Waals surface area (Å²) < 4.78 is 6.79. The molecule has 0 aromatic heterocycles. The van der Waals surface area contributed by atoms with Crippen LogP contribution in [0.3, 0.4) is 0 Å². The number of hydrogen-bond donors (Lipinski definition) is 3. The van der Waals surface area contributed by atoms with Crippen LogP contribution in [0.1, 0.15) is 19.3 Å². The molecule has 3 rings (SSSR count). The lowest BCUT2D eigenvalue weighted by Crippen LogP contribution is -2.56. The number of nitrogens with one attached hydrogen (secondary N) is 3. The first kappa shape index (κ1) is 16.8. The van der Waals surface area contributed by atoms with Gasteiger partial charge in [-0.15, -0.1) is 0 Å². The van der Waals surface area contributed by atoms with Crippen LogP contribution in [0.15, 0.2) is 12.7 Å². The van der Waals surface area contributed by atoms with Crippen LogP contribution in [-0.4, -0.2) is 72.5 Å². The molecule has 0 spiro atoms. The van der Waals surface area contributed by atoms with Crippen LogP contribution < -0.4 is 14.8 Å². The Morgan fingerprint density at radius 2 is 1.91 bits per heavy atom. The Morgan fingerprint density at radius 1 is 1.17 bits per heavy atom. The third kappa shape index (κ3) is 3.88. The monoisotopic (exact) mass is 339 g/mol. The molecule has 8 heteroatoms. The summed E-state index contributed by atoms with van der Waals surface area (Å²) in [6.07, 6.45) is 4.81. The summed E-state index contributed by atoms with van der Waals surface area (Å²) in [5.74, 6) is 0.0669. The summed E-state index contributed by atoms with van der Waals surface area (Å²) in [5, 5.41) is 3.43. The van der Waals surface area contributed by atoms with Crippen LogP contribution in [0, 0.1) is 0 Å². The van der Waals surface area contributed by atoms with Crippen LogP contribution in [0.25, 0.3) is 0 Å². The zero-order chi connectivity index (χ0) is 16.2. The number of piperazine rings is 1. The number of fused-ring (bicyclic) bond motifs is 1. The van der Waals surface area contributed by atoms with Crippen LogP contribution in [0.2, 0.25) is 0 Å². The topological polar surface area (TPSA) is 76.7 Å². The summed E-state index contributed by atoms with van der Waals surface area (Å²) in [4.78, 5) is 27.5. The average Bonchev–Trinajstić information content (AvgIpc) is 3.08. The number of nitrogens with zero attached hydrogens (tertiary/aromatic N) is 2. The molecule has 2 aliphatic heterocycles. The average molecular weight is 339 g/mol. The lowest BCUT2D eigenvalue weighted by atomic mass is 9.87. The molecule has 0 bridgehead atoms. The number of hydrogen-bond acceptors (Lipinski definition) is 6. The molecule has 1 aliphatic carbocycles.